The molecule has 2 rings (SSSR count). The predicted octanol–water partition coefficient (Wildman–Crippen LogP) is 3.10. The van der Waals surface area contributed by atoms with Gasteiger partial charge in [0.05, 0.1) is 29.4 Å². The van der Waals surface area contributed by atoms with Crippen LogP contribution in [-0.2, 0) is 19.1 Å². The van der Waals surface area contributed by atoms with Crippen molar-refractivity contribution in [1.82, 2.24) is 4.90 Å². The third-order valence-corrected chi connectivity index (χ3v) is 4.99. The summed E-state index contributed by atoms with van der Waals surface area (Å²) in [6, 6.07) is 5.97. The van der Waals surface area contributed by atoms with Crippen molar-refractivity contribution in [3.63, 3.8) is 0 Å². The van der Waals surface area contributed by atoms with Crippen LogP contribution in [0.2, 0.25) is 0 Å². The van der Waals surface area contributed by atoms with E-state index >= 15 is 0 Å². The van der Waals surface area contributed by atoms with E-state index in [0.29, 0.717) is 29.9 Å². The number of esters is 2. The number of nitro benzene ring substituents is 1. The van der Waals surface area contributed by atoms with Crippen LogP contribution in [0.1, 0.15) is 38.7 Å². The molecule has 1 aromatic carbocycles. The van der Waals surface area contributed by atoms with Gasteiger partial charge in [-0.15, -0.1) is 0 Å². The molecule has 0 aliphatic carbocycles. The molecule has 0 saturated carbocycles. The summed E-state index contributed by atoms with van der Waals surface area (Å²) in [6.07, 6.45) is 0.458. The summed E-state index contributed by atoms with van der Waals surface area (Å²) >= 11 is 0. The van der Waals surface area contributed by atoms with Crippen molar-refractivity contribution in [3.05, 3.63) is 51.2 Å². The second-order valence-corrected chi connectivity index (χ2v) is 7.45. The number of carbonyl (C=O) groups excluding carboxylic acids is 2. The molecule has 1 aliphatic rings. The molecule has 0 spiro atoms. The van der Waals surface area contributed by atoms with Crippen LogP contribution < -0.4 is 0 Å². The van der Waals surface area contributed by atoms with Crippen LogP contribution in [0.25, 0.3) is 0 Å². The first-order valence-corrected chi connectivity index (χ1v) is 10.2. The van der Waals surface area contributed by atoms with E-state index in [9.17, 15) is 19.7 Å². The SMILES string of the molecule is CCOC(=O)C1=C(CCN(C)C)N=C(C)C(C(=O)OCC)C1c1cccc([N+](=O)[O-])c1. The maximum absolute atomic E-state index is 13.0. The Morgan fingerprint density at radius 2 is 1.87 bits per heavy atom. The zero-order chi connectivity index (χ0) is 23.1. The summed E-state index contributed by atoms with van der Waals surface area (Å²) in [5.41, 5.74) is 1.59. The summed E-state index contributed by atoms with van der Waals surface area (Å²) in [5, 5.41) is 11.4. The lowest BCUT2D eigenvalue weighted by Crippen LogP contribution is -2.37. The fraction of sp³-hybridized carbons (Fsp3) is 0.500. The average molecular weight is 431 g/mol. The average Bonchev–Trinajstić information content (AvgIpc) is 2.71. The van der Waals surface area contributed by atoms with Crippen LogP contribution in [-0.4, -0.2) is 61.3 Å². The van der Waals surface area contributed by atoms with Crippen molar-refractivity contribution >= 4 is 23.3 Å². The van der Waals surface area contributed by atoms with Gasteiger partial charge in [0.2, 0.25) is 0 Å². The Balaban J connectivity index is 2.73. The second kappa shape index (κ2) is 10.8. The Morgan fingerprint density at radius 3 is 2.45 bits per heavy atom. The molecule has 9 heteroatoms. The van der Waals surface area contributed by atoms with Gasteiger partial charge >= 0.3 is 11.9 Å². The first-order chi connectivity index (χ1) is 14.7. The van der Waals surface area contributed by atoms with Crippen LogP contribution in [0.15, 0.2) is 40.5 Å². The van der Waals surface area contributed by atoms with Crippen LogP contribution in [0, 0.1) is 16.0 Å². The molecule has 1 heterocycles. The van der Waals surface area contributed by atoms with Crippen LogP contribution in [0.4, 0.5) is 5.69 Å². The smallest absolute Gasteiger partial charge is 0.336 e. The summed E-state index contributed by atoms with van der Waals surface area (Å²) in [7, 11) is 3.81. The first kappa shape index (κ1) is 24.2. The number of nitro groups is 1. The highest BCUT2D eigenvalue weighted by Gasteiger charge is 2.43. The van der Waals surface area contributed by atoms with Gasteiger partial charge in [-0.05, 0) is 40.4 Å². The highest BCUT2D eigenvalue weighted by molar-refractivity contribution is 6.07. The quantitative estimate of drug-likeness (QED) is 0.335. The lowest BCUT2D eigenvalue weighted by atomic mass is 9.75. The second-order valence-electron chi connectivity index (χ2n) is 7.45. The molecule has 0 radical (unpaired) electrons. The highest BCUT2D eigenvalue weighted by atomic mass is 16.6. The van der Waals surface area contributed by atoms with E-state index in [4.69, 9.17) is 9.47 Å². The molecule has 2 atom stereocenters. The summed E-state index contributed by atoms with van der Waals surface area (Å²) in [6.45, 7) is 6.04. The Labute approximate surface area is 181 Å². The van der Waals surface area contributed by atoms with Gasteiger partial charge < -0.3 is 14.4 Å². The Hall–Kier alpha value is -3.07. The maximum atomic E-state index is 13.0. The third-order valence-electron chi connectivity index (χ3n) is 4.99. The Bertz CT molecular complexity index is 906. The van der Waals surface area contributed by atoms with Crippen molar-refractivity contribution < 1.29 is 24.0 Å². The van der Waals surface area contributed by atoms with E-state index in [1.54, 1.807) is 32.9 Å². The fourth-order valence-corrected chi connectivity index (χ4v) is 3.63. The zero-order valence-electron chi connectivity index (χ0n) is 18.6. The molecule has 2 unspecified atom stereocenters. The lowest BCUT2D eigenvalue weighted by molar-refractivity contribution is -0.384. The number of ether oxygens (including phenoxy) is 2. The number of hydrogen-bond acceptors (Lipinski definition) is 8. The predicted molar refractivity (Wildman–Crippen MR) is 116 cm³/mol. The van der Waals surface area contributed by atoms with Gasteiger partial charge in [-0.3, -0.25) is 19.9 Å². The van der Waals surface area contributed by atoms with E-state index in [0.717, 1.165) is 0 Å². The standard InChI is InChI=1S/C22H29N3O6/c1-6-30-21(26)18-14(3)23-17(11-12-24(4)5)20(22(27)31-7-2)19(18)15-9-8-10-16(13-15)25(28)29/h8-10,13,18-19H,6-7,11-12H2,1-5H3. The monoisotopic (exact) mass is 431 g/mol. The molecule has 0 aromatic heterocycles. The van der Waals surface area contributed by atoms with Crippen LogP contribution >= 0.6 is 0 Å². The van der Waals surface area contributed by atoms with Crippen molar-refractivity contribution in [3.8, 4) is 0 Å². The van der Waals surface area contributed by atoms with Gasteiger partial charge in [0, 0.05) is 36.7 Å². The molecular formula is C22H29N3O6. The van der Waals surface area contributed by atoms with E-state index < -0.39 is 28.7 Å². The van der Waals surface area contributed by atoms with Gasteiger partial charge in [-0.25, -0.2) is 4.79 Å². The summed E-state index contributed by atoms with van der Waals surface area (Å²) < 4.78 is 10.6. The fourth-order valence-electron chi connectivity index (χ4n) is 3.63. The Morgan fingerprint density at radius 1 is 1.19 bits per heavy atom. The maximum Gasteiger partial charge on any atom is 0.336 e. The van der Waals surface area contributed by atoms with Crippen molar-refractivity contribution in [2.24, 2.45) is 10.9 Å². The van der Waals surface area contributed by atoms with E-state index in [-0.39, 0.29) is 24.5 Å². The molecular weight excluding hydrogens is 402 g/mol. The molecule has 0 bridgehead atoms. The van der Waals surface area contributed by atoms with Crippen LogP contribution in [0.3, 0.4) is 0 Å². The zero-order valence-corrected chi connectivity index (χ0v) is 18.6. The number of hydrogen-bond donors (Lipinski definition) is 0. The van der Waals surface area contributed by atoms with E-state index in [1.807, 2.05) is 19.0 Å². The number of rotatable bonds is 9. The van der Waals surface area contributed by atoms with Crippen molar-refractivity contribution in [1.29, 1.82) is 0 Å². The topological polar surface area (TPSA) is 111 Å². The van der Waals surface area contributed by atoms with Crippen LogP contribution in [0.5, 0.6) is 0 Å². The highest BCUT2D eigenvalue weighted by Crippen LogP contribution is 2.41. The molecule has 168 valence electrons. The molecule has 0 saturated heterocycles. The van der Waals surface area contributed by atoms with Gasteiger partial charge in [0.25, 0.3) is 5.69 Å². The number of aliphatic imine (C=N–C) groups is 1. The number of non-ortho nitro benzene ring substituents is 1. The summed E-state index contributed by atoms with van der Waals surface area (Å²) in [5.74, 6) is -2.80. The Kier molecular flexibility index (Phi) is 8.44. The molecule has 0 N–H and O–H groups in total. The number of nitrogens with zero attached hydrogens (tertiary/aromatic N) is 3. The first-order valence-electron chi connectivity index (χ1n) is 10.2. The normalized spacial score (nSPS) is 18.6. The third kappa shape index (κ3) is 5.75. The van der Waals surface area contributed by atoms with E-state index in [2.05, 4.69) is 4.99 Å². The number of carbonyl (C=O) groups is 2. The minimum absolute atomic E-state index is 0.127. The van der Waals surface area contributed by atoms with Gasteiger partial charge in [-0.2, -0.15) is 0 Å². The largest absolute Gasteiger partial charge is 0.465 e. The molecule has 0 fully saturated rings. The van der Waals surface area contributed by atoms with Gasteiger partial charge in [0.15, 0.2) is 0 Å². The molecule has 0 amide bonds. The molecule has 1 aliphatic heterocycles. The van der Waals surface area contributed by atoms with Gasteiger partial charge in [-0.1, -0.05) is 12.1 Å². The molecule has 31 heavy (non-hydrogen) atoms. The minimum Gasteiger partial charge on any atom is -0.465 e. The van der Waals surface area contributed by atoms with Crippen molar-refractivity contribution in [2.75, 3.05) is 33.9 Å². The number of benzene rings is 1. The molecule has 1 aromatic rings. The molecule has 9 nitrogen and oxygen atoms in total. The summed E-state index contributed by atoms with van der Waals surface area (Å²) in [4.78, 5) is 43.3. The minimum atomic E-state index is -0.885. The van der Waals surface area contributed by atoms with E-state index in [1.165, 1.54) is 12.1 Å². The van der Waals surface area contributed by atoms with Gasteiger partial charge in [0.1, 0.15) is 5.92 Å². The lowest BCUT2D eigenvalue weighted by Gasteiger charge is -2.32. The van der Waals surface area contributed by atoms with Crippen molar-refractivity contribution in [2.45, 2.75) is 33.1 Å².